The number of carbonyl (C=O) groups is 1. The standard InChI is InChI=1S/C17H17N3O/c1-12(18-11-13-5-3-2-4-6-13)19-15-7-8-16-14(9-15)10-17(21)20-16/h2-9,18-19H,1,10-11H2,(H,20,21). The third-order valence-electron chi connectivity index (χ3n) is 3.37. The fourth-order valence-corrected chi connectivity index (χ4v) is 2.33. The maximum atomic E-state index is 11.3. The minimum Gasteiger partial charge on any atom is -0.368 e. The van der Waals surface area contributed by atoms with Gasteiger partial charge in [0.05, 0.1) is 12.2 Å². The Morgan fingerprint density at radius 3 is 2.81 bits per heavy atom. The summed E-state index contributed by atoms with van der Waals surface area (Å²) in [6.45, 7) is 4.69. The molecule has 1 aliphatic heterocycles. The molecule has 3 N–H and O–H groups in total. The summed E-state index contributed by atoms with van der Waals surface area (Å²) in [5.41, 5.74) is 4.04. The lowest BCUT2D eigenvalue weighted by Gasteiger charge is -2.13. The molecule has 0 aromatic heterocycles. The first-order valence-electron chi connectivity index (χ1n) is 6.87. The van der Waals surface area contributed by atoms with Gasteiger partial charge in [0.2, 0.25) is 5.91 Å². The van der Waals surface area contributed by atoms with Crippen molar-refractivity contribution in [2.75, 3.05) is 10.6 Å². The van der Waals surface area contributed by atoms with E-state index in [0.717, 1.165) is 29.3 Å². The summed E-state index contributed by atoms with van der Waals surface area (Å²) in [6.07, 6.45) is 0.439. The van der Waals surface area contributed by atoms with Crippen LogP contribution in [0.5, 0.6) is 0 Å². The molecular weight excluding hydrogens is 262 g/mol. The monoisotopic (exact) mass is 279 g/mol. The Kier molecular flexibility index (Phi) is 3.60. The van der Waals surface area contributed by atoms with Crippen LogP contribution >= 0.6 is 0 Å². The van der Waals surface area contributed by atoms with Crippen LogP contribution in [0.15, 0.2) is 60.9 Å². The highest BCUT2D eigenvalue weighted by Crippen LogP contribution is 2.26. The molecular formula is C17H17N3O. The largest absolute Gasteiger partial charge is 0.368 e. The van der Waals surface area contributed by atoms with Crippen LogP contribution in [0, 0.1) is 0 Å². The van der Waals surface area contributed by atoms with Crippen molar-refractivity contribution in [3.8, 4) is 0 Å². The Morgan fingerprint density at radius 1 is 1.19 bits per heavy atom. The van der Waals surface area contributed by atoms with Gasteiger partial charge in [-0.1, -0.05) is 36.9 Å². The van der Waals surface area contributed by atoms with Crippen LogP contribution in [0.2, 0.25) is 0 Å². The van der Waals surface area contributed by atoms with E-state index in [-0.39, 0.29) is 5.91 Å². The summed E-state index contributed by atoms with van der Waals surface area (Å²) in [5, 5.41) is 9.27. The van der Waals surface area contributed by atoms with Crippen LogP contribution in [-0.2, 0) is 17.8 Å². The SMILES string of the molecule is C=C(NCc1ccccc1)Nc1ccc2c(c1)CC(=O)N2. The van der Waals surface area contributed by atoms with E-state index < -0.39 is 0 Å². The molecule has 0 fully saturated rings. The van der Waals surface area contributed by atoms with Gasteiger partial charge in [-0.3, -0.25) is 4.79 Å². The van der Waals surface area contributed by atoms with Crippen molar-refractivity contribution in [2.45, 2.75) is 13.0 Å². The highest BCUT2D eigenvalue weighted by Gasteiger charge is 2.17. The zero-order chi connectivity index (χ0) is 14.7. The molecule has 0 bridgehead atoms. The number of carbonyl (C=O) groups excluding carboxylic acids is 1. The maximum absolute atomic E-state index is 11.3. The molecule has 2 aromatic carbocycles. The van der Waals surface area contributed by atoms with Crippen molar-refractivity contribution in [3.05, 3.63) is 72.1 Å². The second-order valence-corrected chi connectivity index (χ2v) is 5.04. The van der Waals surface area contributed by atoms with E-state index in [1.54, 1.807) is 0 Å². The van der Waals surface area contributed by atoms with Crippen LogP contribution < -0.4 is 16.0 Å². The lowest BCUT2D eigenvalue weighted by Crippen LogP contribution is -2.18. The lowest BCUT2D eigenvalue weighted by molar-refractivity contribution is -0.115. The fourth-order valence-electron chi connectivity index (χ4n) is 2.33. The number of hydrogen-bond donors (Lipinski definition) is 3. The Hall–Kier alpha value is -2.75. The molecule has 0 atom stereocenters. The molecule has 0 spiro atoms. The molecule has 21 heavy (non-hydrogen) atoms. The number of benzene rings is 2. The minimum absolute atomic E-state index is 0.0446. The number of amides is 1. The lowest BCUT2D eigenvalue weighted by atomic mass is 10.1. The molecule has 1 heterocycles. The second kappa shape index (κ2) is 5.71. The molecule has 3 rings (SSSR count). The van der Waals surface area contributed by atoms with E-state index in [0.29, 0.717) is 6.42 Å². The first kappa shape index (κ1) is 13.2. The van der Waals surface area contributed by atoms with Gasteiger partial charge >= 0.3 is 0 Å². The van der Waals surface area contributed by atoms with Crippen molar-refractivity contribution in [3.63, 3.8) is 0 Å². The average Bonchev–Trinajstić information content (AvgIpc) is 2.85. The third kappa shape index (κ3) is 3.23. The average molecular weight is 279 g/mol. The summed E-state index contributed by atoms with van der Waals surface area (Å²) < 4.78 is 0. The molecule has 0 radical (unpaired) electrons. The van der Waals surface area contributed by atoms with Crippen LogP contribution in [-0.4, -0.2) is 5.91 Å². The van der Waals surface area contributed by atoms with E-state index in [1.807, 2.05) is 36.4 Å². The van der Waals surface area contributed by atoms with Gasteiger partial charge in [0.1, 0.15) is 0 Å². The maximum Gasteiger partial charge on any atom is 0.228 e. The summed E-state index contributed by atoms with van der Waals surface area (Å²) in [7, 11) is 0. The van der Waals surface area contributed by atoms with Crippen molar-refractivity contribution in [2.24, 2.45) is 0 Å². The smallest absolute Gasteiger partial charge is 0.228 e. The van der Waals surface area contributed by atoms with Gasteiger partial charge < -0.3 is 16.0 Å². The number of anilines is 2. The summed E-state index contributed by atoms with van der Waals surface area (Å²) in [5.74, 6) is 0.777. The van der Waals surface area contributed by atoms with Crippen molar-refractivity contribution in [1.82, 2.24) is 5.32 Å². The van der Waals surface area contributed by atoms with Gasteiger partial charge in [0, 0.05) is 17.9 Å². The summed E-state index contributed by atoms with van der Waals surface area (Å²) in [6, 6.07) is 16.0. The highest BCUT2D eigenvalue weighted by molar-refractivity contribution is 5.99. The highest BCUT2D eigenvalue weighted by atomic mass is 16.1. The van der Waals surface area contributed by atoms with E-state index in [9.17, 15) is 4.79 Å². The normalized spacial score (nSPS) is 12.5. The zero-order valence-corrected chi connectivity index (χ0v) is 11.6. The Balaban J connectivity index is 1.58. The Bertz CT molecular complexity index is 680. The van der Waals surface area contributed by atoms with Crippen LogP contribution in [0.4, 0.5) is 11.4 Å². The molecule has 0 aliphatic carbocycles. The van der Waals surface area contributed by atoms with Crippen LogP contribution in [0.25, 0.3) is 0 Å². The summed E-state index contributed by atoms with van der Waals surface area (Å²) >= 11 is 0. The van der Waals surface area contributed by atoms with Gasteiger partial charge in [0.15, 0.2) is 0 Å². The predicted molar refractivity (Wildman–Crippen MR) is 84.8 cm³/mol. The Labute approximate surface area is 123 Å². The van der Waals surface area contributed by atoms with Gasteiger partial charge in [-0.15, -0.1) is 0 Å². The van der Waals surface area contributed by atoms with Crippen LogP contribution in [0.3, 0.4) is 0 Å². The van der Waals surface area contributed by atoms with E-state index in [2.05, 4.69) is 34.7 Å². The molecule has 4 heteroatoms. The quantitative estimate of drug-likeness (QED) is 0.789. The predicted octanol–water partition coefficient (Wildman–Crippen LogP) is 2.85. The van der Waals surface area contributed by atoms with Gasteiger partial charge in [-0.25, -0.2) is 0 Å². The molecule has 106 valence electrons. The van der Waals surface area contributed by atoms with Gasteiger partial charge in [-0.2, -0.15) is 0 Å². The molecule has 1 amide bonds. The topological polar surface area (TPSA) is 53.2 Å². The molecule has 0 saturated carbocycles. The molecule has 0 unspecified atom stereocenters. The number of rotatable bonds is 5. The second-order valence-electron chi connectivity index (χ2n) is 5.04. The number of fused-ring (bicyclic) bond motifs is 1. The first-order valence-corrected chi connectivity index (χ1v) is 6.87. The van der Waals surface area contributed by atoms with E-state index in [1.165, 1.54) is 5.56 Å². The van der Waals surface area contributed by atoms with Crippen LogP contribution in [0.1, 0.15) is 11.1 Å². The van der Waals surface area contributed by atoms with Crippen molar-refractivity contribution < 1.29 is 4.79 Å². The zero-order valence-electron chi connectivity index (χ0n) is 11.6. The van der Waals surface area contributed by atoms with Gasteiger partial charge in [-0.05, 0) is 29.3 Å². The first-order chi connectivity index (χ1) is 10.2. The molecule has 4 nitrogen and oxygen atoms in total. The Morgan fingerprint density at radius 2 is 2.00 bits per heavy atom. The minimum atomic E-state index is 0.0446. The fraction of sp³-hybridized carbons (Fsp3) is 0.118. The number of hydrogen-bond acceptors (Lipinski definition) is 3. The van der Waals surface area contributed by atoms with Crippen molar-refractivity contribution >= 4 is 17.3 Å². The molecule has 0 saturated heterocycles. The summed E-state index contributed by atoms with van der Waals surface area (Å²) in [4.78, 5) is 11.3. The van der Waals surface area contributed by atoms with Gasteiger partial charge in [0.25, 0.3) is 0 Å². The van der Waals surface area contributed by atoms with Crippen molar-refractivity contribution in [1.29, 1.82) is 0 Å². The number of nitrogens with one attached hydrogen (secondary N) is 3. The van der Waals surface area contributed by atoms with E-state index >= 15 is 0 Å². The molecule has 2 aromatic rings. The molecule has 1 aliphatic rings. The van der Waals surface area contributed by atoms with E-state index in [4.69, 9.17) is 0 Å². The third-order valence-corrected chi connectivity index (χ3v) is 3.37.